The number of esters is 4. The van der Waals surface area contributed by atoms with Gasteiger partial charge in [0, 0.05) is 5.02 Å². The van der Waals surface area contributed by atoms with Crippen molar-refractivity contribution >= 4 is 35.5 Å². The predicted molar refractivity (Wildman–Crippen MR) is 126 cm³/mol. The summed E-state index contributed by atoms with van der Waals surface area (Å²) in [6, 6.07) is 5.91. The Kier molecular flexibility index (Phi) is 13.9. The van der Waals surface area contributed by atoms with Crippen LogP contribution in [0.3, 0.4) is 0 Å². The van der Waals surface area contributed by atoms with Crippen LogP contribution in [0.15, 0.2) is 24.3 Å². The van der Waals surface area contributed by atoms with Crippen LogP contribution < -0.4 is 0 Å². The van der Waals surface area contributed by atoms with Crippen LogP contribution >= 0.6 is 11.6 Å². The number of hydrogen-bond donors (Lipinski definition) is 0. The fourth-order valence-electron chi connectivity index (χ4n) is 2.84. The lowest BCUT2D eigenvalue weighted by Crippen LogP contribution is -2.48. The number of rotatable bonds is 16. The molecule has 190 valence electrons. The third kappa shape index (κ3) is 10.5. The average molecular weight is 499 g/mol. The van der Waals surface area contributed by atoms with Gasteiger partial charge in [-0.2, -0.15) is 0 Å². The van der Waals surface area contributed by atoms with E-state index in [1.165, 1.54) is 18.2 Å². The van der Waals surface area contributed by atoms with Gasteiger partial charge in [-0.15, -0.1) is 0 Å². The summed E-state index contributed by atoms with van der Waals surface area (Å²) in [5, 5.41) is 0.281. The fourth-order valence-corrected chi connectivity index (χ4v) is 3.03. The van der Waals surface area contributed by atoms with Gasteiger partial charge in [0.2, 0.25) is 5.60 Å². The third-order valence-corrected chi connectivity index (χ3v) is 5.07. The number of hydrogen-bond acceptors (Lipinski definition) is 8. The molecule has 0 saturated heterocycles. The first-order valence-corrected chi connectivity index (χ1v) is 12.1. The minimum Gasteiger partial charge on any atom is -0.466 e. The molecule has 0 aliphatic rings. The zero-order valence-corrected chi connectivity index (χ0v) is 21.0. The van der Waals surface area contributed by atoms with Gasteiger partial charge >= 0.3 is 23.9 Å². The highest BCUT2D eigenvalue weighted by atomic mass is 35.5. The van der Waals surface area contributed by atoms with Crippen LogP contribution in [0.4, 0.5) is 0 Å². The van der Waals surface area contributed by atoms with Crippen LogP contribution in [0.1, 0.15) is 82.5 Å². The minimum atomic E-state index is -2.24. The summed E-state index contributed by atoms with van der Waals surface area (Å²) in [7, 11) is 0. The SMILES string of the molecule is CCCCOC(=O)CC(CC(=O)OCCCC)(OC(=O)c1cccc(Cl)c1)C(=O)OCCCC. The molecular weight excluding hydrogens is 464 g/mol. The van der Waals surface area contributed by atoms with Crippen molar-refractivity contribution in [1.29, 1.82) is 0 Å². The van der Waals surface area contributed by atoms with Crippen LogP contribution in [0.5, 0.6) is 0 Å². The molecule has 0 spiro atoms. The summed E-state index contributed by atoms with van der Waals surface area (Å²) in [6.45, 7) is 6.10. The number of unbranched alkanes of at least 4 members (excludes halogenated alkanes) is 3. The number of carbonyl (C=O) groups is 4. The van der Waals surface area contributed by atoms with Gasteiger partial charge in [0.15, 0.2) is 0 Å². The van der Waals surface area contributed by atoms with Crippen LogP contribution in [0.2, 0.25) is 5.02 Å². The Morgan fingerprint density at radius 1 is 0.794 bits per heavy atom. The molecular formula is C25H35ClO8. The first-order valence-electron chi connectivity index (χ1n) is 11.7. The molecule has 0 N–H and O–H groups in total. The standard InChI is InChI=1S/C25H35ClO8/c1-4-7-13-31-21(27)17-25(24(30)33-15-9-6-3,18-22(28)32-14-8-5-2)34-23(29)19-11-10-12-20(26)16-19/h10-12,16H,4-9,13-15,17-18H2,1-3H3. The molecule has 8 nitrogen and oxygen atoms in total. The van der Waals surface area contributed by atoms with Crippen LogP contribution in [0, 0.1) is 0 Å². The number of ether oxygens (including phenoxy) is 4. The molecule has 1 aromatic rings. The van der Waals surface area contributed by atoms with E-state index >= 15 is 0 Å². The lowest BCUT2D eigenvalue weighted by Gasteiger charge is -2.30. The van der Waals surface area contributed by atoms with Crippen molar-refractivity contribution in [2.24, 2.45) is 0 Å². The van der Waals surface area contributed by atoms with Gasteiger partial charge in [0.05, 0.1) is 38.2 Å². The largest absolute Gasteiger partial charge is 0.466 e. The summed E-state index contributed by atoms with van der Waals surface area (Å²) in [5.41, 5.74) is -2.18. The van der Waals surface area contributed by atoms with E-state index in [1.807, 2.05) is 20.8 Å². The van der Waals surface area contributed by atoms with Gasteiger partial charge in [-0.1, -0.05) is 57.7 Å². The zero-order valence-electron chi connectivity index (χ0n) is 20.2. The normalized spacial score (nSPS) is 10.9. The Morgan fingerprint density at radius 3 is 1.76 bits per heavy atom. The third-order valence-electron chi connectivity index (χ3n) is 4.83. The quantitative estimate of drug-likeness (QED) is 0.177. The van der Waals surface area contributed by atoms with E-state index in [2.05, 4.69) is 0 Å². The van der Waals surface area contributed by atoms with Crippen LogP contribution in [0.25, 0.3) is 0 Å². The predicted octanol–water partition coefficient (Wildman–Crippen LogP) is 5.05. The summed E-state index contributed by atoms with van der Waals surface area (Å²) in [4.78, 5) is 51.3. The second-order valence-electron chi connectivity index (χ2n) is 7.89. The molecule has 1 rings (SSSR count). The summed E-state index contributed by atoms with van der Waals surface area (Å²) >= 11 is 5.97. The van der Waals surface area contributed by atoms with Crippen molar-refractivity contribution in [2.45, 2.75) is 77.7 Å². The number of halogens is 1. The highest BCUT2D eigenvalue weighted by Gasteiger charge is 2.49. The highest BCUT2D eigenvalue weighted by molar-refractivity contribution is 6.30. The van der Waals surface area contributed by atoms with Crippen molar-refractivity contribution in [3.05, 3.63) is 34.9 Å². The first kappa shape index (κ1) is 29.4. The maximum absolute atomic E-state index is 13.2. The van der Waals surface area contributed by atoms with Crippen molar-refractivity contribution in [1.82, 2.24) is 0 Å². The van der Waals surface area contributed by atoms with E-state index < -0.39 is 42.3 Å². The van der Waals surface area contributed by atoms with Gasteiger partial charge in [-0.05, 0) is 37.5 Å². The van der Waals surface area contributed by atoms with E-state index in [0.717, 1.165) is 19.3 Å². The van der Waals surface area contributed by atoms with Gasteiger partial charge in [0.1, 0.15) is 0 Å². The van der Waals surface area contributed by atoms with Crippen molar-refractivity contribution in [3.8, 4) is 0 Å². The molecule has 0 fully saturated rings. The highest BCUT2D eigenvalue weighted by Crippen LogP contribution is 2.27. The molecule has 0 saturated carbocycles. The second-order valence-corrected chi connectivity index (χ2v) is 8.32. The first-order chi connectivity index (χ1) is 16.3. The maximum Gasteiger partial charge on any atom is 0.351 e. The van der Waals surface area contributed by atoms with Crippen molar-refractivity contribution in [3.63, 3.8) is 0 Å². The Labute approximate surface area is 206 Å². The Balaban J connectivity index is 3.26. The molecule has 0 radical (unpaired) electrons. The summed E-state index contributed by atoms with van der Waals surface area (Å²) < 4.78 is 21.2. The molecule has 0 atom stereocenters. The van der Waals surface area contributed by atoms with E-state index in [1.54, 1.807) is 6.07 Å². The molecule has 0 bridgehead atoms. The van der Waals surface area contributed by atoms with Gasteiger partial charge in [0.25, 0.3) is 0 Å². The van der Waals surface area contributed by atoms with Crippen molar-refractivity contribution in [2.75, 3.05) is 19.8 Å². The van der Waals surface area contributed by atoms with Gasteiger partial charge in [-0.25, -0.2) is 9.59 Å². The molecule has 0 unspecified atom stereocenters. The second kappa shape index (κ2) is 16.1. The molecule has 0 heterocycles. The van der Waals surface area contributed by atoms with Crippen LogP contribution in [-0.4, -0.2) is 49.3 Å². The van der Waals surface area contributed by atoms with E-state index in [9.17, 15) is 19.2 Å². The molecule has 0 aliphatic heterocycles. The molecule has 0 amide bonds. The molecule has 9 heteroatoms. The van der Waals surface area contributed by atoms with Crippen molar-refractivity contribution < 1.29 is 38.1 Å². The van der Waals surface area contributed by atoms with Crippen LogP contribution in [-0.2, 0) is 33.3 Å². The molecule has 34 heavy (non-hydrogen) atoms. The zero-order chi connectivity index (χ0) is 25.4. The maximum atomic E-state index is 13.2. The summed E-state index contributed by atoms with van der Waals surface area (Å²) in [6.07, 6.45) is 2.79. The Hall–Kier alpha value is -2.61. The monoisotopic (exact) mass is 498 g/mol. The molecule has 0 aliphatic carbocycles. The number of benzene rings is 1. The van der Waals surface area contributed by atoms with E-state index in [-0.39, 0.29) is 30.4 Å². The number of carbonyl (C=O) groups excluding carboxylic acids is 4. The van der Waals surface area contributed by atoms with Gasteiger partial charge < -0.3 is 18.9 Å². The summed E-state index contributed by atoms with van der Waals surface area (Å²) in [5.74, 6) is -3.52. The molecule has 1 aromatic carbocycles. The van der Waals surface area contributed by atoms with E-state index in [0.29, 0.717) is 19.3 Å². The Bertz CT molecular complexity index is 784. The molecule has 0 aromatic heterocycles. The van der Waals surface area contributed by atoms with Gasteiger partial charge in [-0.3, -0.25) is 9.59 Å². The average Bonchev–Trinajstić information content (AvgIpc) is 2.79. The lowest BCUT2D eigenvalue weighted by atomic mass is 9.94. The Morgan fingerprint density at radius 2 is 1.29 bits per heavy atom. The fraction of sp³-hybridized carbons (Fsp3) is 0.600. The lowest BCUT2D eigenvalue weighted by molar-refractivity contribution is -0.178. The minimum absolute atomic E-state index is 0.0432. The topological polar surface area (TPSA) is 105 Å². The van der Waals surface area contributed by atoms with E-state index in [4.69, 9.17) is 30.5 Å². The smallest absolute Gasteiger partial charge is 0.351 e.